The third kappa shape index (κ3) is 0.571. The maximum Gasteiger partial charge on any atom is 0.455 e. The van der Waals surface area contributed by atoms with E-state index in [2.05, 4.69) is 8.67 Å². The molecule has 1 aliphatic heterocycles. The molecule has 0 aliphatic carbocycles. The Morgan fingerprint density at radius 1 is 1.20 bits per heavy atom. The van der Waals surface area contributed by atoms with Crippen molar-refractivity contribution in [3.63, 3.8) is 0 Å². The SMILES string of the molecule is O=S1(=O)OO1. The first-order valence-electron chi connectivity index (χ1n) is 0.833. The summed E-state index contributed by atoms with van der Waals surface area (Å²) in [6.45, 7) is 0. The molecule has 30 valence electrons. The van der Waals surface area contributed by atoms with Gasteiger partial charge in [0.05, 0.1) is 0 Å². The molecule has 0 aromatic rings. The van der Waals surface area contributed by atoms with Crippen molar-refractivity contribution in [2.45, 2.75) is 0 Å². The zero-order valence-electron chi connectivity index (χ0n) is 2.04. The Balaban J connectivity index is 3.15. The van der Waals surface area contributed by atoms with Gasteiger partial charge in [0.25, 0.3) is 0 Å². The summed E-state index contributed by atoms with van der Waals surface area (Å²) in [5.74, 6) is 0. The highest BCUT2D eigenvalue weighted by molar-refractivity contribution is 7.85. The molecule has 5 heavy (non-hydrogen) atoms. The van der Waals surface area contributed by atoms with Crippen molar-refractivity contribution in [1.29, 1.82) is 0 Å². The van der Waals surface area contributed by atoms with Crippen molar-refractivity contribution in [2.24, 2.45) is 0 Å². The van der Waals surface area contributed by atoms with E-state index in [1.54, 1.807) is 0 Å². The van der Waals surface area contributed by atoms with Crippen LogP contribution in [0.5, 0.6) is 0 Å². The Kier molecular flexibility index (Phi) is 0.317. The van der Waals surface area contributed by atoms with Gasteiger partial charge in [-0.1, -0.05) is 8.67 Å². The molecular formula is O4S. The van der Waals surface area contributed by atoms with Crippen LogP contribution in [-0.2, 0) is 19.1 Å². The lowest BCUT2D eigenvalue weighted by molar-refractivity contribution is 0.0850. The first kappa shape index (κ1) is 3.08. The summed E-state index contributed by atoms with van der Waals surface area (Å²) in [5, 5.41) is 0. The van der Waals surface area contributed by atoms with E-state index in [-0.39, 0.29) is 0 Å². The van der Waals surface area contributed by atoms with Crippen LogP contribution in [0, 0.1) is 0 Å². The Morgan fingerprint density at radius 2 is 1.40 bits per heavy atom. The summed E-state index contributed by atoms with van der Waals surface area (Å²) in [7, 11) is -3.42. The van der Waals surface area contributed by atoms with Gasteiger partial charge in [0.2, 0.25) is 0 Å². The summed E-state index contributed by atoms with van der Waals surface area (Å²) < 4.78 is 25.3. The maximum atomic E-state index is 9.30. The average molecular weight is 96.1 g/mol. The summed E-state index contributed by atoms with van der Waals surface area (Å²) in [6.07, 6.45) is 0. The second kappa shape index (κ2) is 0.515. The molecule has 0 saturated carbocycles. The fraction of sp³-hybridized carbons (Fsp3) is 0. The first-order chi connectivity index (χ1) is 2.21. The molecule has 0 aromatic heterocycles. The Labute approximate surface area is 28.6 Å². The molecule has 0 N–H and O–H groups in total. The molecule has 1 heterocycles. The lowest BCUT2D eigenvalue weighted by atomic mass is 15.0. The predicted molar refractivity (Wildman–Crippen MR) is 11.1 cm³/mol. The molecule has 0 radical (unpaired) electrons. The van der Waals surface area contributed by atoms with Crippen LogP contribution in [0.25, 0.3) is 0 Å². The van der Waals surface area contributed by atoms with Crippen LogP contribution >= 0.6 is 0 Å². The van der Waals surface area contributed by atoms with E-state index < -0.39 is 10.4 Å². The second-order valence-electron chi connectivity index (χ2n) is 0.544. The van der Waals surface area contributed by atoms with Crippen molar-refractivity contribution in [2.75, 3.05) is 0 Å². The van der Waals surface area contributed by atoms with E-state index in [9.17, 15) is 8.42 Å². The molecule has 5 heteroatoms. The van der Waals surface area contributed by atoms with Crippen LogP contribution in [0.1, 0.15) is 0 Å². The van der Waals surface area contributed by atoms with Crippen molar-refractivity contribution in [3.05, 3.63) is 0 Å². The molecule has 1 saturated heterocycles. The van der Waals surface area contributed by atoms with E-state index in [1.807, 2.05) is 0 Å². The van der Waals surface area contributed by atoms with E-state index in [0.29, 0.717) is 0 Å². The quantitative estimate of drug-likeness (QED) is 0.292. The van der Waals surface area contributed by atoms with Crippen LogP contribution in [0.3, 0.4) is 0 Å². The molecule has 0 atom stereocenters. The minimum absolute atomic E-state index is 3.37. The Bertz CT molecular complexity index is 107. The molecular weight excluding hydrogens is 96.1 g/mol. The van der Waals surface area contributed by atoms with Crippen LogP contribution in [0.2, 0.25) is 0 Å². The third-order valence-corrected chi connectivity index (χ3v) is 0.537. The lowest BCUT2D eigenvalue weighted by Crippen LogP contribution is -1.59. The molecule has 1 aliphatic rings. The van der Waals surface area contributed by atoms with Gasteiger partial charge in [0, 0.05) is 0 Å². The van der Waals surface area contributed by atoms with E-state index in [1.165, 1.54) is 0 Å². The number of hydrogen-bond acceptors (Lipinski definition) is 4. The number of rotatable bonds is 0. The summed E-state index contributed by atoms with van der Waals surface area (Å²) in [4.78, 5) is 0. The van der Waals surface area contributed by atoms with Gasteiger partial charge in [0.1, 0.15) is 0 Å². The maximum absolute atomic E-state index is 9.30. The van der Waals surface area contributed by atoms with Crippen LogP contribution in [0.4, 0.5) is 0 Å². The highest BCUT2D eigenvalue weighted by Gasteiger charge is 2.31. The lowest BCUT2D eigenvalue weighted by Gasteiger charge is -1.31. The topological polar surface area (TPSA) is 59.2 Å². The summed E-state index contributed by atoms with van der Waals surface area (Å²) >= 11 is 0. The van der Waals surface area contributed by atoms with E-state index in [4.69, 9.17) is 0 Å². The van der Waals surface area contributed by atoms with Gasteiger partial charge in [-0.3, -0.25) is 0 Å². The van der Waals surface area contributed by atoms with Crippen molar-refractivity contribution < 1.29 is 17.1 Å². The minimum atomic E-state index is -3.42. The van der Waals surface area contributed by atoms with Gasteiger partial charge in [-0.05, 0) is 0 Å². The largest absolute Gasteiger partial charge is 0.455 e. The standard InChI is InChI=1S/O4S/c1-5(2)3-4-5. The van der Waals surface area contributed by atoms with Crippen molar-refractivity contribution in [3.8, 4) is 0 Å². The van der Waals surface area contributed by atoms with Gasteiger partial charge in [-0.15, -0.1) is 0 Å². The molecule has 0 amide bonds. The Hall–Kier alpha value is -0.130. The summed E-state index contributed by atoms with van der Waals surface area (Å²) in [6, 6.07) is 0. The Morgan fingerprint density at radius 3 is 1.40 bits per heavy atom. The van der Waals surface area contributed by atoms with Gasteiger partial charge < -0.3 is 0 Å². The fourth-order valence-corrected chi connectivity index (χ4v) is 0.204. The van der Waals surface area contributed by atoms with Gasteiger partial charge in [-0.25, -0.2) is 0 Å². The van der Waals surface area contributed by atoms with Gasteiger partial charge in [0.15, 0.2) is 0 Å². The fourth-order valence-electron chi connectivity index (χ4n) is 0.0227. The van der Waals surface area contributed by atoms with Crippen LogP contribution in [0.15, 0.2) is 0 Å². The molecule has 0 unspecified atom stereocenters. The highest BCUT2D eigenvalue weighted by Crippen LogP contribution is 2.11. The zero-order chi connectivity index (χ0) is 3.91. The second-order valence-corrected chi connectivity index (χ2v) is 1.63. The molecule has 0 aromatic carbocycles. The number of hydrogen-bond donors (Lipinski definition) is 0. The van der Waals surface area contributed by atoms with E-state index >= 15 is 0 Å². The molecule has 1 rings (SSSR count). The van der Waals surface area contributed by atoms with E-state index in [0.717, 1.165) is 0 Å². The molecule has 0 bridgehead atoms. The average Bonchev–Trinajstić information content (AvgIpc) is 1.76. The first-order valence-corrected chi connectivity index (χ1v) is 2.17. The van der Waals surface area contributed by atoms with Crippen molar-refractivity contribution >= 4 is 10.4 Å². The molecule has 1 fully saturated rings. The normalized spacial score (nSPS) is 29.6. The highest BCUT2D eigenvalue weighted by atomic mass is 32.3. The zero-order valence-corrected chi connectivity index (χ0v) is 2.86. The van der Waals surface area contributed by atoms with Crippen LogP contribution < -0.4 is 0 Å². The molecule has 4 nitrogen and oxygen atoms in total. The van der Waals surface area contributed by atoms with Crippen LogP contribution in [-0.4, -0.2) is 8.42 Å². The monoisotopic (exact) mass is 96.0 g/mol. The van der Waals surface area contributed by atoms with Gasteiger partial charge in [-0.2, -0.15) is 8.42 Å². The van der Waals surface area contributed by atoms with Gasteiger partial charge >= 0.3 is 10.4 Å². The molecule has 0 spiro atoms. The third-order valence-electron chi connectivity index (χ3n) is 0.179. The minimum Gasteiger partial charge on any atom is -0.164 e. The summed E-state index contributed by atoms with van der Waals surface area (Å²) in [5.41, 5.74) is 0. The smallest absolute Gasteiger partial charge is 0.164 e. The van der Waals surface area contributed by atoms with Crippen molar-refractivity contribution in [1.82, 2.24) is 0 Å². The predicted octanol–water partition coefficient (Wildman–Crippen LogP) is -0.807.